The molecule has 1 aromatic rings. The number of rotatable bonds is 1. The van der Waals surface area contributed by atoms with Gasteiger partial charge in [-0.1, -0.05) is 23.7 Å². The first-order valence-electron chi connectivity index (χ1n) is 4.61. The number of nitrogens with one attached hydrogen (secondary N) is 2. The lowest BCUT2D eigenvalue weighted by Gasteiger charge is -1.92. The Bertz CT molecular complexity index is 427. The van der Waals surface area contributed by atoms with Gasteiger partial charge >= 0.3 is 11.8 Å². The highest BCUT2D eigenvalue weighted by atomic mass is 35.5. The number of halogens is 1. The smallest absolute Gasteiger partial charge is 0.288 e. The Morgan fingerprint density at radius 3 is 2.22 bits per heavy atom. The number of carbonyl (C=O) groups excluding carboxylic acids is 2. The van der Waals surface area contributed by atoms with Crippen molar-refractivity contribution in [2.75, 3.05) is 0 Å². The number of nitriles is 1. The van der Waals surface area contributed by atoms with Crippen molar-refractivity contribution in [3.8, 4) is 6.07 Å². The van der Waals surface area contributed by atoms with Crippen LogP contribution in [0.5, 0.6) is 0 Å². The number of nitrogens with zero attached hydrogens (tertiary/aromatic N) is 1. The van der Waals surface area contributed by atoms with E-state index in [1.54, 1.807) is 12.1 Å². The van der Waals surface area contributed by atoms with Gasteiger partial charge in [-0.3, -0.25) is 20.2 Å². The van der Waals surface area contributed by atoms with Crippen molar-refractivity contribution in [3.63, 3.8) is 0 Å². The summed E-state index contributed by atoms with van der Waals surface area (Å²) >= 11 is 5.63. The predicted molar refractivity (Wildman–Crippen MR) is 63.0 cm³/mol. The molecule has 0 aliphatic heterocycles. The second-order valence-corrected chi connectivity index (χ2v) is 3.31. The van der Waals surface area contributed by atoms with Crippen molar-refractivity contribution in [2.45, 2.75) is 6.42 Å². The standard InChI is InChI=1S/C8H6ClN.C2H5N3O3/c9-8-3-1-7(2-4-8)5-6-10;3-4-1(6)2(7)5-8/h1-4H,5H2;8H,3H2,(H,4,6)(H,5,7). The van der Waals surface area contributed by atoms with Gasteiger partial charge in [-0.2, -0.15) is 5.26 Å². The molecule has 5 N–H and O–H groups in total. The number of hydrazine groups is 1. The molecular formula is C10H11ClN4O3. The molecule has 96 valence electrons. The monoisotopic (exact) mass is 270 g/mol. The highest BCUT2D eigenvalue weighted by Gasteiger charge is 2.07. The van der Waals surface area contributed by atoms with Gasteiger partial charge in [-0.05, 0) is 17.7 Å². The number of hydroxylamine groups is 1. The van der Waals surface area contributed by atoms with E-state index in [0.29, 0.717) is 11.4 Å². The van der Waals surface area contributed by atoms with Gasteiger partial charge in [-0.15, -0.1) is 0 Å². The van der Waals surface area contributed by atoms with E-state index in [2.05, 4.69) is 11.9 Å². The van der Waals surface area contributed by atoms with E-state index in [4.69, 9.17) is 22.1 Å². The van der Waals surface area contributed by atoms with Gasteiger partial charge in [0.15, 0.2) is 0 Å². The molecule has 0 atom stereocenters. The zero-order valence-electron chi connectivity index (χ0n) is 9.18. The summed E-state index contributed by atoms with van der Waals surface area (Å²) in [4.78, 5) is 19.8. The van der Waals surface area contributed by atoms with E-state index in [1.807, 2.05) is 12.1 Å². The van der Waals surface area contributed by atoms with Crippen molar-refractivity contribution in [2.24, 2.45) is 5.84 Å². The molecule has 0 saturated carbocycles. The third kappa shape index (κ3) is 6.44. The van der Waals surface area contributed by atoms with Crippen molar-refractivity contribution in [3.05, 3.63) is 34.9 Å². The van der Waals surface area contributed by atoms with Crippen LogP contribution in [0.15, 0.2) is 24.3 Å². The second kappa shape index (κ2) is 8.95. The van der Waals surface area contributed by atoms with Gasteiger partial charge in [0.25, 0.3) is 0 Å². The minimum atomic E-state index is -1.19. The average Bonchev–Trinajstić information content (AvgIpc) is 2.40. The predicted octanol–water partition coefficient (Wildman–Crippen LogP) is -0.112. The van der Waals surface area contributed by atoms with Gasteiger partial charge in [0.05, 0.1) is 12.5 Å². The lowest BCUT2D eigenvalue weighted by atomic mass is 10.2. The van der Waals surface area contributed by atoms with Crippen LogP contribution in [0.3, 0.4) is 0 Å². The molecule has 0 aliphatic carbocycles. The van der Waals surface area contributed by atoms with Crippen molar-refractivity contribution >= 4 is 23.4 Å². The molecule has 8 heteroatoms. The van der Waals surface area contributed by atoms with Gasteiger partial charge < -0.3 is 0 Å². The van der Waals surface area contributed by atoms with Crippen LogP contribution in [0.25, 0.3) is 0 Å². The number of benzene rings is 1. The normalized spacial score (nSPS) is 8.33. The van der Waals surface area contributed by atoms with E-state index >= 15 is 0 Å². The maximum Gasteiger partial charge on any atom is 0.333 e. The van der Waals surface area contributed by atoms with E-state index in [0.717, 1.165) is 11.0 Å². The van der Waals surface area contributed by atoms with E-state index in [9.17, 15) is 9.59 Å². The Labute approximate surface area is 108 Å². The van der Waals surface area contributed by atoms with Crippen molar-refractivity contribution in [1.29, 1.82) is 5.26 Å². The maximum absolute atomic E-state index is 9.93. The van der Waals surface area contributed by atoms with Gasteiger partial charge in [0.1, 0.15) is 0 Å². The highest BCUT2D eigenvalue weighted by Crippen LogP contribution is 2.09. The van der Waals surface area contributed by atoms with Gasteiger partial charge in [0.2, 0.25) is 0 Å². The maximum atomic E-state index is 9.93. The minimum Gasteiger partial charge on any atom is -0.288 e. The lowest BCUT2D eigenvalue weighted by Crippen LogP contribution is -2.41. The van der Waals surface area contributed by atoms with E-state index in [1.165, 1.54) is 5.43 Å². The van der Waals surface area contributed by atoms with Crippen LogP contribution in [-0.4, -0.2) is 17.0 Å². The summed E-state index contributed by atoms with van der Waals surface area (Å²) in [7, 11) is 0. The molecule has 0 aliphatic rings. The van der Waals surface area contributed by atoms with Crippen LogP contribution < -0.4 is 16.7 Å². The van der Waals surface area contributed by atoms with Crippen LogP contribution in [-0.2, 0) is 16.0 Å². The SMILES string of the molecule is N#CCc1ccc(Cl)cc1.NNC(=O)C(=O)NO. The fourth-order valence-electron chi connectivity index (χ4n) is 0.810. The van der Waals surface area contributed by atoms with Crippen LogP contribution >= 0.6 is 11.6 Å². The summed E-state index contributed by atoms with van der Waals surface area (Å²) in [6.45, 7) is 0. The molecule has 0 fully saturated rings. The minimum absolute atomic E-state index is 0.456. The topological polar surface area (TPSA) is 128 Å². The fraction of sp³-hybridized carbons (Fsp3) is 0.100. The fourth-order valence-corrected chi connectivity index (χ4v) is 0.936. The van der Waals surface area contributed by atoms with E-state index in [-0.39, 0.29) is 0 Å². The highest BCUT2D eigenvalue weighted by molar-refractivity contribution is 6.34. The molecule has 1 aromatic carbocycles. The lowest BCUT2D eigenvalue weighted by molar-refractivity contribution is -0.144. The van der Waals surface area contributed by atoms with E-state index < -0.39 is 11.8 Å². The molecular weight excluding hydrogens is 260 g/mol. The Balaban J connectivity index is 0.000000331. The molecule has 0 spiro atoms. The van der Waals surface area contributed by atoms with Crippen molar-refractivity contribution < 1.29 is 14.8 Å². The van der Waals surface area contributed by atoms with Crippen LogP contribution in [0, 0.1) is 11.3 Å². The number of hydrogen-bond donors (Lipinski definition) is 4. The Hall–Kier alpha value is -2.14. The summed E-state index contributed by atoms with van der Waals surface area (Å²) in [5.41, 5.74) is 3.60. The van der Waals surface area contributed by atoms with Gasteiger partial charge in [-0.25, -0.2) is 11.3 Å². The second-order valence-electron chi connectivity index (χ2n) is 2.88. The number of hydrogen-bond acceptors (Lipinski definition) is 5. The summed E-state index contributed by atoms with van der Waals surface area (Å²) in [5.74, 6) is 2.20. The number of amides is 2. The van der Waals surface area contributed by atoms with Crippen LogP contribution in [0.2, 0.25) is 5.02 Å². The first-order valence-corrected chi connectivity index (χ1v) is 4.99. The molecule has 0 unspecified atom stereocenters. The first-order chi connectivity index (χ1) is 8.54. The number of carbonyl (C=O) groups is 2. The first kappa shape index (κ1) is 15.9. The molecule has 0 saturated heterocycles. The third-order valence-electron chi connectivity index (χ3n) is 1.64. The molecule has 0 bridgehead atoms. The summed E-state index contributed by atoms with van der Waals surface area (Å²) < 4.78 is 0. The molecule has 0 heterocycles. The third-order valence-corrected chi connectivity index (χ3v) is 1.89. The molecule has 0 aromatic heterocycles. The van der Waals surface area contributed by atoms with Gasteiger partial charge in [0, 0.05) is 5.02 Å². The Kier molecular flexibility index (Phi) is 7.89. The quantitative estimate of drug-likeness (QED) is 0.186. The zero-order valence-corrected chi connectivity index (χ0v) is 9.94. The zero-order chi connectivity index (χ0) is 14.0. The number of nitrogens with two attached hydrogens (primary N) is 1. The molecule has 18 heavy (non-hydrogen) atoms. The Morgan fingerprint density at radius 1 is 1.33 bits per heavy atom. The van der Waals surface area contributed by atoms with Crippen LogP contribution in [0.1, 0.15) is 5.56 Å². The molecule has 2 amide bonds. The largest absolute Gasteiger partial charge is 0.333 e. The Morgan fingerprint density at radius 2 is 1.89 bits per heavy atom. The average molecular weight is 271 g/mol. The van der Waals surface area contributed by atoms with Crippen LogP contribution in [0.4, 0.5) is 0 Å². The molecule has 7 nitrogen and oxygen atoms in total. The summed E-state index contributed by atoms with van der Waals surface area (Å²) in [5, 5.41) is 16.7. The van der Waals surface area contributed by atoms with Crippen molar-refractivity contribution in [1.82, 2.24) is 10.9 Å². The summed E-state index contributed by atoms with van der Waals surface area (Å²) in [6, 6.07) is 9.34. The molecule has 1 rings (SSSR count). The molecule has 0 radical (unpaired) electrons. The summed E-state index contributed by atoms with van der Waals surface area (Å²) in [6.07, 6.45) is 0.456.